The molecule has 1 fully saturated rings. The Hall–Kier alpha value is -1.82. The van der Waals surface area contributed by atoms with Crippen molar-refractivity contribution in [2.24, 2.45) is 0 Å². The van der Waals surface area contributed by atoms with E-state index in [1.54, 1.807) is 0 Å². The molecule has 26 heavy (non-hydrogen) atoms. The van der Waals surface area contributed by atoms with E-state index in [2.05, 4.69) is 9.88 Å². The van der Waals surface area contributed by atoms with Crippen LogP contribution in [-0.2, 0) is 17.8 Å². The van der Waals surface area contributed by atoms with Crippen LogP contribution >= 0.6 is 11.6 Å². The van der Waals surface area contributed by atoms with Crippen LogP contribution in [0.3, 0.4) is 0 Å². The first-order chi connectivity index (χ1) is 12.5. The van der Waals surface area contributed by atoms with Crippen LogP contribution in [-0.4, -0.2) is 34.9 Å². The maximum atomic E-state index is 11.8. The van der Waals surface area contributed by atoms with Gasteiger partial charge in [-0.3, -0.25) is 0 Å². The molecular formula is C20H25ClN2O3. The Morgan fingerprint density at radius 3 is 2.65 bits per heavy atom. The summed E-state index contributed by atoms with van der Waals surface area (Å²) in [4.78, 5) is 11.8. The Bertz CT molecular complexity index is 777. The van der Waals surface area contributed by atoms with Crippen LogP contribution in [0.5, 0.6) is 0 Å². The van der Waals surface area contributed by atoms with Crippen LogP contribution in [0, 0.1) is 13.8 Å². The fourth-order valence-electron chi connectivity index (χ4n) is 3.62. The molecule has 0 bridgehead atoms. The van der Waals surface area contributed by atoms with Crippen molar-refractivity contribution in [3.05, 3.63) is 57.4 Å². The summed E-state index contributed by atoms with van der Waals surface area (Å²) >= 11 is 5.96. The minimum absolute atomic E-state index is 0.237. The number of rotatable bonds is 7. The third-order valence-corrected chi connectivity index (χ3v) is 5.33. The summed E-state index contributed by atoms with van der Waals surface area (Å²) in [5.74, 6) is -0.880. The number of benzene rings is 1. The highest BCUT2D eigenvalue weighted by Crippen LogP contribution is 2.24. The molecule has 3 rings (SSSR count). The lowest BCUT2D eigenvalue weighted by Gasteiger charge is -2.12. The maximum absolute atomic E-state index is 11.8. The molecule has 0 saturated carbocycles. The van der Waals surface area contributed by atoms with Crippen LogP contribution in [0.2, 0.25) is 5.02 Å². The van der Waals surface area contributed by atoms with Gasteiger partial charge >= 0.3 is 5.97 Å². The number of hydrogen-bond donors (Lipinski definition) is 2. The number of ether oxygens (including phenoxy) is 1. The highest BCUT2D eigenvalue weighted by molar-refractivity contribution is 6.30. The van der Waals surface area contributed by atoms with Gasteiger partial charge in [-0.2, -0.15) is 0 Å². The largest absolute Gasteiger partial charge is 0.478 e. The van der Waals surface area contributed by atoms with Crippen molar-refractivity contribution in [1.82, 2.24) is 9.88 Å². The summed E-state index contributed by atoms with van der Waals surface area (Å²) in [5, 5.41) is 13.8. The summed E-state index contributed by atoms with van der Waals surface area (Å²) < 4.78 is 7.69. The van der Waals surface area contributed by atoms with E-state index in [0.29, 0.717) is 23.7 Å². The van der Waals surface area contributed by atoms with Gasteiger partial charge in [-0.05, 0) is 44.4 Å². The van der Waals surface area contributed by atoms with E-state index in [0.717, 1.165) is 48.5 Å². The SMILES string of the molecule is Cc1c(CNC[C@H]2CCCO2)c(C(=O)O)c(C)n1Cc1ccc(Cl)cc1. The van der Waals surface area contributed by atoms with Crippen molar-refractivity contribution in [2.75, 3.05) is 13.2 Å². The molecule has 1 atom stereocenters. The topological polar surface area (TPSA) is 63.5 Å². The first-order valence-corrected chi connectivity index (χ1v) is 9.33. The summed E-state index contributed by atoms with van der Waals surface area (Å²) in [6, 6.07) is 7.65. The third-order valence-electron chi connectivity index (χ3n) is 5.08. The van der Waals surface area contributed by atoms with Crippen molar-refractivity contribution < 1.29 is 14.6 Å². The van der Waals surface area contributed by atoms with E-state index < -0.39 is 5.97 Å². The van der Waals surface area contributed by atoms with Crippen LogP contribution in [0.4, 0.5) is 0 Å². The molecule has 1 aliphatic heterocycles. The van der Waals surface area contributed by atoms with E-state index in [1.165, 1.54) is 0 Å². The molecule has 2 N–H and O–H groups in total. The molecule has 1 aromatic heterocycles. The number of nitrogens with zero attached hydrogens (tertiary/aromatic N) is 1. The summed E-state index contributed by atoms with van der Waals surface area (Å²) in [5.41, 5.74) is 4.10. The van der Waals surface area contributed by atoms with E-state index in [-0.39, 0.29) is 6.10 Å². The van der Waals surface area contributed by atoms with Crippen molar-refractivity contribution in [3.8, 4) is 0 Å². The van der Waals surface area contributed by atoms with Crippen molar-refractivity contribution in [1.29, 1.82) is 0 Å². The Balaban J connectivity index is 1.80. The standard InChI is InChI=1S/C20H25ClN2O3/c1-13-18(11-22-10-17-4-3-9-26-17)19(20(24)25)14(2)23(13)12-15-5-7-16(21)8-6-15/h5-8,17,22H,3-4,9-12H2,1-2H3,(H,24,25)/t17-/m1/s1. The molecule has 0 spiro atoms. The Morgan fingerprint density at radius 1 is 1.31 bits per heavy atom. The predicted octanol–water partition coefficient (Wildman–Crippen LogP) is 3.77. The molecule has 0 aliphatic carbocycles. The van der Waals surface area contributed by atoms with Gasteiger partial charge in [0.1, 0.15) is 0 Å². The van der Waals surface area contributed by atoms with Gasteiger partial charge in [-0.1, -0.05) is 23.7 Å². The number of halogens is 1. The van der Waals surface area contributed by atoms with Gasteiger partial charge in [0.2, 0.25) is 0 Å². The quantitative estimate of drug-likeness (QED) is 0.772. The Morgan fingerprint density at radius 2 is 2.04 bits per heavy atom. The molecule has 6 heteroatoms. The normalized spacial score (nSPS) is 17.0. The Kier molecular flexibility index (Phi) is 6.01. The van der Waals surface area contributed by atoms with Crippen molar-refractivity contribution in [3.63, 3.8) is 0 Å². The fourth-order valence-corrected chi connectivity index (χ4v) is 3.75. The lowest BCUT2D eigenvalue weighted by molar-refractivity contribution is 0.0694. The van der Waals surface area contributed by atoms with E-state index in [4.69, 9.17) is 16.3 Å². The van der Waals surface area contributed by atoms with Gasteiger partial charge in [0, 0.05) is 48.2 Å². The smallest absolute Gasteiger partial charge is 0.337 e. The zero-order valence-corrected chi connectivity index (χ0v) is 16.0. The summed E-state index contributed by atoms with van der Waals surface area (Å²) in [6.45, 7) is 6.58. The number of nitrogens with one attached hydrogen (secondary N) is 1. The first kappa shape index (κ1) is 19.0. The van der Waals surface area contributed by atoms with Crippen LogP contribution < -0.4 is 5.32 Å². The second-order valence-corrected chi connectivity index (χ2v) is 7.24. The molecule has 0 unspecified atom stereocenters. The van der Waals surface area contributed by atoms with Gasteiger partial charge in [-0.15, -0.1) is 0 Å². The maximum Gasteiger partial charge on any atom is 0.337 e. The second kappa shape index (κ2) is 8.25. The van der Waals surface area contributed by atoms with E-state index >= 15 is 0 Å². The van der Waals surface area contributed by atoms with Gasteiger partial charge in [-0.25, -0.2) is 4.79 Å². The zero-order chi connectivity index (χ0) is 18.7. The lowest BCUT2D eigenvalue weighted by Crippen LogP contribution is -2.26. The molecule has 0 radical (unpaired) electrons. The molecule has 5 nitrogen and oxygen atoms in total. The third kappa shape index (κ3) is 4.11. The van der Waals surface area contributed by atoms with Gasteiger partial charge in [0.05, 0.1) is 11.7 Å². The number of carboxylic acid groups (broad SMARTS) is 1. The molecular weight excluding hydrogens is 352 g/mol. The van der Waals surface area contributed by atoms with E-state index in [1.807, 2.05) is 38.1 Å². The number of carbonyl (C=O) groups is 1. The predicted molar refractivity (Wildman–Crippen MR) is 102 cm³/mol. The molecule has 1 saturated heterocycles. The minimum atomic E-state index is -0.880. The summed E-state index contributed by atoms with van der Waals surface area (Å²) in [6.07, 6.45) is 2.40. The van der Waals surface area contributed by atoms with Gasteiger partial charge in [0.15, 0.2) is 0 Å². The van der Waals surface area contributed by atoms with Crippen LogP contribution in [0.25, 0.3) is 0 Å². The average Bonchev–Trinajstić information content (AvgIpc) is 3.19. The zero-order valence-electron chi connectivity index (χ0n) is 15.2. The fraction of sp³-hybridized carbons (Fsp3) is 0.450. The summed E-state index contributed by atoms with van der Waals surface area (Å²) in [7, 11) is 0. The molecule has 2 heterocycles. The first-order valence-electron chi connectivity index (χ1n) is 8.96. The van der Waals surface area contributed by atoms with E-state index in [9.17, 15) is 9.90 Å². The van der Waals surface area contributed by atoms with Crippen molar-refractivity contribution in [2.45, 2.75) is 45.9 Å². The van der Waals surface area contributed by atoms with Crippen LogP contribution in [0.15, 0.2) is 24.3 Å². The second-order valence-electron chi connectivity index (χ2n) is 6.81. The number of aromatic nitrogens is 1. The Labute approximate surface area is 158 Å². The lowest BCUT2D eigenvalue weighted by atomic mass is 10.1. The molecule has 2 aromatic rings. The van der Waals surface area contributed by atoms with Gasteiger partial charge < -0.3 is 19.7 Å². The number of hydrogen-bond acceptors (Lipinski definition) is 3. The van der Waals surface area contributed by atoms with Crippen LogP contribution in [0.1, 0.15) is 45.7 Å². The minimum Gasteiger partial charge on any atom is -0.478 e. The van der Waals surface area contributed by atoms with Gasteiger partial charge in [0.25, 0.3) is 0 Å². The highest BCUT2D eigenvalue weighted by Gasteiger charge is 2.23. The molecule has 140 valence electrons. The molecule has 1 aromatic carbocycles. The molecule has 0 amide bonds. The van der Waals surface area contributed by atoms with Crippen molar-refractivity contribution >= 4 is 17.6 Å². The average molecular weight is 377 g/mol. The molecule has 1 aliphatic rings. The monoisotopic (exact) mass is 376 g/mol. The highest BCUT2D eigenvalue weighted by atomic mass is 35.5. The number of carboxylic acids is 1. The number of aromatic carboxylic acids is 1.